The summed E-state index contributed by atoms with van der Waals surface area (Å²) in [6, 6.07) is -1.13. The van der Waals surface area contributed by atoms with Crippen molar-refractivity contribution < 1.29 is 14.7 Å². The minimum Gasteiger partial charge on any atom is -0.480 e. The van der Waals surface area contributed by atoms with Gasteiger partial charge in [0.05, 0.1) is 0 Å². The molecule has 1 rings (SSSR count). The lowest BCUT2D eigenvalue weighted by Crippen LogP contribution is -2.48. The number of carboxylic acids is 1. The highest BCUT2D eigenvalue weighted by Gasteiger charge is 2.23. The molecule has 104 valence electrons. The quantitative estimate of drug-likeness (QED) is 0.766. The monoisotopic (exact) mass is 257 g/mol. The molecular formula is C12H23N3O3. The molecule has 0 spiro atoms. The minimum atomic E-state index is -0.995. The van der Waals surface area contributed by atoms with Gasteiger partial charge in [0.15, 0.2) is 0 Å². The lowest BCUT2D eigenvalue weighted by atomic mass is 9.99. The Bertz CT molecular complexity index is 309. The third-order valence-corrected chi connectivity index (χ3v) is 3.52. The van der Waals surface area contributed by atoms with Crippen LogP contribution in [0.25, 0.3) is 0 Å². The third-order valence-electron chi connectivity index (χ3n) is 3.52. The highest BCUT2D eigenvalue weighted by molar-refractivity contribution is 5.82. The van der Waals surface area contributed by atoms with Gasteiger partial charge in [-0.25, -0.2) is 9.59 Å². The van der Waals surface area contributed by atoms with Crippen molar-refractivity contribution in [3.05, 3.63) is 0 Å². The normalized spacial score (nSPS) is 22.3. The Morgan fingerprint density at radius 1 is 1.56 bits per heavy atom. The van der Waals surface area contributed by atoms with E-state index in [4.69, 9.17) is 5.11 Å². The number of rotatable bonds is 4. The zero-order chi connectivity index (χ0) is 13.7. The van der Waals surface area contributed by atoms with Crippen LogP contribution in [0.15, 0.2) is 0 Å². The van der Waals surface area contributed by atoms with E-state index in [9.17, 15) is 9.59 Å². The Labute approximate surface area is 108 Å². The van der Waals surface area contributed by atoms with Gasteiger partial charge in [0.1, 0.15) is 6.04 Å². The van der Waals surface area contributed by atoms with Crippen LogP contribution in [0.1, 0.15) is 19.8 Å². The fourth-order valence-electron chi connectivity index (χ4n) is 2.14. The number of likely N-dealkylation sites (tertiary alicyclic amines) is 1. The minimum absolute atomic E-state index is 0.321. The van der Waals surface area contributed by atoms with Crippen LogP contribution < -0.4 is 5.32 Å². The van der Waals surface area contributed by atoms with Crippen molar-refractivity contribution in [2.24, 2.45) is 5.92 Å². The Balaban J connectivity index is 2.34. The fraction of sp³-hybridized carbons (Fsp3) is 0.833. The van der Waals surface area contributed by atoms with Crippen LogP contribution in [0, 0.1) is 5.92 Å². The summed E-state index contributed by atoms with van der Waals surface area (Å²) >= 11 is 0. The van der Waals surface area contributed by atoms with E-state index in [2.05, 4.69) is 17.3 Å². The molecule has 1 aliphatic heterocycles. The molecular weight excluding hydrogens is 234 g/mol. The van der Waals surface area contributed by atoms with Crippen LogP contribution in [0.3, 0.4) is 0 Å². The van der Waals surface area contributed by atoms with Crippen LogP contribution in [0.4, 0.5) is 4.79 Å². The summed E-state index contributed by atoms with van der Waals surface area (Å²) < 4.78 is 0. The van der Waals surface area contributed by atoms with Gasteiger partial charge < -0.3 is 20.2 Å². The van der Waals surface area contributed by atoms with Gasteiger partial charge in [0.25, 0.3) is 0 Å². The molecule has 1 fully saturated rings. The van der Waals surface area contributed by atoms with Gasteiger partial charge in [-0.15, -0.1) is 0 Å². The molecule has 0 aromatic carbocycles. The summed E-state index contributed by atoms with van der Waals surface area (Å²) in [5, 5.41) is 11.6. The van der Waals surface area contributed by atoms with Gasteiger partial charge in [-0.3, -0.25) is 0 Å². The number of carbonyl (C=O) groups excluding carboxylic acids is 1. The first kappa shape index (κ1) is 14.8. The third kappa shape index (κ3) is 4.18. The second-order valence-electron chi connectivity index (χ2n) is 5.08. The summed E-state index contributed by atoms with van der Waals surface area (Å²) in [4.78, 5) is 26.0. The SMILES string of the molecule is CC(C(=O)O)N(C)C(=O)NCC1CCCN(C)C1. The van der Waals surface area contributed by atoms with Gasteiger partial charge in [-0.2, -0.15) is 0 Å². The van der Waals surface area contributed by atoms with Crippen LogP contribution in [0.2, 0.25) is 0 Å². The van der Waals surface area contributed by atoms with E-state index in [0.717, 1.165) is 25.9 Å². The van der Waals surface area contributed by atoms with Gasteiger partial charge in [0.2, 0.25) is 0 Å². The maximum Gasteiger partial charge on any atom is 0.326 e. The average Bonchev–Trinajstić information content (AvgIpc) is 2.34. The number of amides is 2. The second kappa shape index (κ2) is 6.58. The van der Waals surface area contributed by atoms with Crippen molar-refractivity contribution >= 4 is 12.0 Å². The van der Waals surface area contributed by atoms with Crippen molar-refractivity contribution in [3.8, 4) is 0 Å². The molecule has 0 saturated carbocycles. The van der Waals surface area contributed by atoms with Crippen molar-refractivity contribution in [2.45, 2.75) is 25.8 Å². The highest BCUT2D eigenvalue weighted by Crippen LogP contribution is 2.13. The number of urea groups is 1. The average molecular weight is 257 g/mol. The first-order valence-electron chi connectivity index (χ1n) is 6.33. The Morgan fingerprint density at radius 3 is 2.78 bits per heavy atom. The fourth-order valence-corrected chi connectivity index (χ4v) is 2.14. The molecule has 0 radical (unpaired) electrons. The van der Waals surface area contributed by atoms with E-state index >= 15 is 0 Å². The van der Waals surface area contributed by atoms with Crippen molar-refractivity contribution in [2.75, 3.05) is 33.7 Å². The van der Waals surface area contributed by atoms with Crippen LogP contribution in [0.5, 0.6) is 0 Å². The van der Waals surface area contributed by atoms with Crippen LogP contribution >= 0.6 is 0 Å². The largest absolute Gasteiger partial charge is 0.480 e. The van der Waals surface area contributed by atoms with E-state index in [0.29, 0.717) is 12.5 Å². The zero-order valence-corrected chi connectivity index (χ0v) is 11.3. The van der Waals surface area contributed by atoms with Gasteiger partial charge in [-0.1, -0.05) is 0 Å². The predicted octanol–water partition coefficient (Wildman–Crippen LogP) is 0.443. The number of aliphatic carboxylic acids is 1. The molecule has 6 heteroatoms. The maximum atomic E-state index is 11.8. The standard InChI is InChI=1S/C12H23N3O3/c1-9(11(16)17)15(3)12(18)13-7-10-5-4-6-14(2)8-10/h9-10H,4-8H2,1-3H3,(H,13,18)(H,16,17). The number of carboxylic acid groups (broad SMARTS) is 1. The number of nitrogens with zero attached hydrogens (tertiary/aromatic N) is 2. The lowest BCUT2D eigenvalue weighted by molar-refractivity contribution is -0.141. The lowest BCUT2D eigenvalue weighted by Gasteiger charge is -2.30. The Morgan fingerprint density at radius 2 is 2.22 bits per heavy atom. The number of nitrogens with one attached hydrogen (secondary N) is 1. The van der Waals surface area contributed by atoms with E-state index in [1.807, 2.05) is 0 Å². The van der Waals surface area contributed by atoms with Crippen molar-refractivity contribution in [1.29, 1.82) is 0 Å². The van der Waals surface area contributed by atoms with E-state index < -0.39 is 12.0 Å². The first-order chi connectivity index (χ1) is 8.41. The smallest absolute Gasteiger partial charge is 0.326 e. The topological polar surface area (TPSA) is 72.9 Å². The van der Waals surface area contributed by atoms with Gasteiger partial charge in [0, 0.05) is 20.1 Å². The van der Waals surface area contributed by atoms with Crippen LogP contribution in [-0.2, 0) is 4.79 Å². The van der Waals surface area contributed by atoms with E-state index in [1.165, 1.54) is 18.9 Å². The van der Waals surface area contributed by atoms with Gasteiger partial charge in [-0.05, 0) is 39.3 Å². The molecule has 1 saturated heterocycles. The maximum absolute atomic E-state index is 11.8. The summed E-state index contributed by atoms with van der Waals surface area (Å²) in [6.07, 6.45) is 2.27. The summed E-state index contributed by atoms with van der Waals surface area (Å²) in [5.41, 5.74) is 0. The molecule has 18 heavy (non-hydrogen) atoms. The highest BCUT2D eigenvalue weighted by atomic mass is 16.4. The number of piperidine rings is 1. The molecule has 0 aliphatic carbocycles. The van der Waals surface area contributed by atoms with E-state index in [-0.39, 0.29) is 6.03 Å². The number of carbonyl (C=O) groups is 2. The molecule has 2 amide bonds. The Kier molecular flexibility index (Phi) is 5.40. The molecule has 2 unspecified atom stereocenters. The first-order valence-corrected chi connectivity index (χ1v) is 6.33. The van der Waals surface area contributed by atoms with Crippen molar-refractivity contribution in [3.63, 3.8) is 0 Å². The van der Waals surface area contributed by atoms with E-state index in [1.54, 1.807) is 0 Å². The van der Waals surface area contributed by atoms with Crippen molar-refractivity contribution in [1.82, 2.24) is 15.1 Å². The van der Waals surface area contributed by atoms with Crippen LogP contribution in [-0.4, -0.2) is 66.7 Å². The summed E-state index contributed by atoms with van der Waals surface area (Å²) in [7, 11) is 3.58. The number of hydrogen-bond acceptors (Lipinski definition) is 3. The zero-order valence-electron chi connectivity index (χ0n) is 11.3. The molecule has 1 aliphatic rings. The Hall–Kier alpha value is -1.30. The molecule has 0 bridgehead atoms. The van der Waals surface area contributed by atoms with Gasteiger partial charge >= 0.3 is 12.0 Å². The number of hydrogen-bond donors (Lipinski definition) is 2. The summed E-state index contributed by atoms with van der Waals surface area (Å²) in [6.45, 7) is 4.20. The molecule has 0 aromatic rings. The molecule has 0 aromatic heterocycles. The molecule has 6 nitrogen and oxygen atoms in total. The summed E-state index contributed by atoms with van der Waals surface area (Å²) in [5.74, 6) is -0.536. The predicted molar refractivity (Wildman–Crippen MR) is 68.5 cm³/mol. The second-order valence-corrected chi connectivity index (χ2v) is 5.08. The molecule has 1 heterocycles. The molecule has 2 N–H and O–H groups in total. The molecule has 2 atom stereocenters. The number of likely N-dealkylation sites (N-methyl/N-ethyl adjacent to an activating group) is 1.